The van der Waals surface area contributed by atoms with E-state index in [4.69, 9.17) is 4.74 Å². The van der Waals surface area contributed by atoms with E-state index in [1.165, 1.54) is 16.3 Å². The van der Waals surface area contributed by atoms with Gasteiger partial charge in [-0.25, -0.2) is 13.6 Å². The lowest BCUT2D eigenvalue weighted by atomic mass is 10.0. The summed E-state index contributed by atoms with van der Waals surface area (Å²) in [7, 11) is 0. The summed E-state index contributed by atoms with van der Waals surface area (Å²) in [6.45, 7) is 1.73. The Bertz CT molecular complexity index is 1110. The van der Waals surface area contributed by atoms with Crippen LogP contribution in [0.1, 0.15) is 17.3 Å². The van der Waals surface area contributed by atoms with E-state index in [9.17, 15) is 14.0 Å². The molecule has 0 radical (unpaired) electrons. The van der Waals surface area contributed by atoms with Gasteiger partial charge in [0, 0.05) is 0 Å². The zero-order chi connectivity index (χ0) is 18.4. The Morgan fingerprint density at radius 2 is 2.00 bits per heavy atom. The number of aromatic nitrogens is 1. The first kappa shape index (κ1) is 16.8. The van der Waals surface area contributed by atoms with E-state index in [1.54, 1.807) is 37.3 Å². The number of hydrogen-bond acceptors (Lipinski definition) is 4. The Hall–Kier alpha value is -2.67. The Labute approximate surface area is 151 Å². The molecule has 0 unspecified atom stereocenters. The molecule has 1 aromatic heterocycles. The zero-order valence-corrected chi connectivity index (χ0v) is 14.5. The third-order valence-electron chi connectivity index (χ3n) is 4.27. The molecule has 2 heterocycles. The minimum atomic E-state index is -0.847. The van der Waals surface area contributed by atoms with Crippen LogP contribution in [0.5, 0.6) is 0 Å². The summed E-state index contributed by atoms with van der Waals surface area (Å²) in [4.78, 5) is 24.9. The molecule has 0 atom stereocenters. The van der Waals surface area contributed by atoms with Crippen LogP contribution in [0.25, 0.3) is 22.0 Å². The summed E-state index contributed by atoms with van der Waals surface area (Å²) in [6, 6.07) is 9.32. The molecule has 4 nitrogen and oxygen atoms in total. The third-order valence-corrected chi connectivity index (χ3v) is 5.35. The summed E-state index contributed by atoms with van der Waals surface area (Å²) in [5.41, 5.74) is -0.672. The Kier molecular flexibility index (Phi) is 4.03. The highest BCUT2D eigenvalue weighted by molar-refractivity contribution is 7.99. The summed E-state index contributed by atoms with van der Waals surface area (Å²) >= 11 is 1.26. The normalized spacial score (nSPS) is 12.6. The molecular weight excluding hydrogens is 360 g/mol. The number of ether oxygens (including phenoxy) is 1. The maximum Gasteiger partial charge on any atom is 0.344 e. The molecule has 7 heteroatoms. The van der Waals surface area contributed by atoms with Gasteiger partial charge in [0.05, 0.1) is 34.0 Å². The highest BCUT2D eigenvalue weighted by atomic mass is 32.2. The fraction of sp³-hybridized carbons (Fsp3) is 0.158. The summed E-state index contributed by atoms with van der Waals surface area (Å²) in [5.74, 6) is -2.06. The van der Waals surface area contributed by atoms with Crippen molar-refractivity contribution in [3.05, 3.63) is 63.8 Å². The number of carbonyl (C=O) groups is 1. The Balaban J connectivity index is 2.07. The molecule has 0 aliphatic carbocycles. The SMILES string of the molecule is CCOC(=O)c1c2n(c3c(F)c(-c4ccccc4)c(F)cc3c1=O)CS2. The largest absolute Gasteiger partial charge is 0.462 e. The number of thioether (sulfide) groups is 1. The van der Waals surface area contributed by atoms with Crippen molar-refractivity contribution >= 4 is 28.6 Å². The van der Waals surface area contributed by atoms with Crippen LogP contribution in [0.3, 0.4) is 0 Å². The van der Waals surface area contributed by atoms with Gasteiger partial charge in [-0.2, -0.15) is 0 Å². The maximum absolute atomic E-state index is 15.2. The highest BCUT2D eigenvalue weighted by Crippen LogP contribution is 2.40. The molecule has 0 N–H and O–H groups in total. The van der Waals surface area contributed by atoms with Crippen LogP contribution in [0.2, 0.25) is 0 Å². The Morgan fingerprint density at radius 1 is 1.27 bits per heavy atom. The van der Waals surface area contributed by atoms with Crippen molar-refractivity contribution in [1.82, 2.24) is 4.57 Å². The first-order valence-electron chi connectivity index (χ1n) is 7.98. The molecule has 132 valence electrons. The van der Waals surface area contributed by atoms with Gasteiger partial charge in [0.2, 0.25) is 5.43 Å². The fourth-order valence-electron chi connectivity index (χ4n) is 3.10. The Morgan fingerprint density at radius 3 is 2.62 bits per heavy atom. The lowest BCUT2D eigenvalue weighted by Crippen LogP contribution is -2.28. The lowest BCUT2D eigenvalue weighted by molar-refractivity contribution is 0.0518. The summed E-state index contributed by atoms with van der Waals surface area (Å²) in [6.07, 6.45) is 0. The monoisotopic (exact) mass is 373 g/mol. The minimum Gasteiger partial charge on any atom is -0.462 e. The van der Waals surface area contributed by atoms with Crippen LogP contribution < -0.4 is 5.43 Å². The fourth-order valence-corrected chi connectivity index (χ4v) is 4.03. The predicted octanol–water partition coefficient (Wildman–Crippen LogP) is 4.19. The third kappa shape index (κ3) is 2.34. The van der Waals surface area contributed by atoms with Crippen LogP contribution in [0.15, 0.2) is 46.2 Å². The first-order chi connectivity index (χ1) is 12.5. The van der Waals surface area contributed by atoms with Crippen molar-refractivity contribution in [3.8, 4) is 11.1 Å². The van der Waals surface area contributed by atoms with Gasteiger partial charge in [-0.3, -0.25) is 4.79 Å². The van der Waals surface area contributed by atoms with Gasteiger partial charge >= 0.3 is 5.97 Å². The summed E-state index contributed by atoms with van der Waals surface area (Å²) in [5, 5.41) is 0.192. The number of hydrogen-bond donors (Lipinski definition) is 0. The average molecular weight is 373 g/mol. The number of fused-ring (bicyclic) bond motifs is 3. The van der Waals surface area contributed by atoms with Crippen molar-refractivity contribution in [2.24, 2.45) is 0 Å². The smallest absolute Gasteiger partial charge is 0.344 e. The van der Waals surface area contributed by atoms with E-state index >= 15 is 4.39 Å². The van der Waals surface area contributed by atoms with Gasteiger partial charge in [-0.05, 0) is 18.6 Å². The molecule has 0 saturated carbocycles. The molecule has 4 rings (SSSR count). The number of esters is 1. The molecular formula is C19H13F2NO3S. The van der Waals surface area contributed by atoms with Crippen molar-refractivity contribution in [1.29, 1.82) is 0 Å². The highest BCUT2D eigenvalue weighted by Gasteiger charge is 2.31. The van der Waals surface area contributed by atoms with Crippen LogP contribution in [0, 0.1) is 11.6 Å². The first-order valence-corrected chi connectivity index (χ1v) is 8.97. The van der Waals surface area contributed by atoms with Gasteiger partial charge < -0.3 is 9.30 Å². The number of rotatable bonds is 3. The number of pyridine rings is 1. The van der Waals surface area contributed by atoms with E-state index < -0.39 is 23.0 Å². The number of benzene rings is 2. The molecule has 0 spiro atoms. The quantitative estimate of drug-likeness (QED) is 0.646. The molecule has 0 bridgehead atoms. The lowest BCUT2D eigenvalue weighted by Gasteiger charge is -2.27. The molecule has 1 aliphatic heterocycles. The minimum absolute atomic E-state index is 0.0112. The van der Waals surface area contributed by atoms with E-state index in [2.05, 4.69) is 0 Å². The molecule has 26 heavy (non-hydrogen) atoms. The van der Waals surface area contributed by atoms with Gasteiger partial charge in [0.25, 0.3) is 0 Å². The van der Waals surface area contributed by atoms with Gasteiger partial charge in [-0.15, -0.1) is 0 Å². The second kappa shape index (κ2) is 6.25. The van der Waals surface area contributed by atoms with Crippen molar-refractivity contribution in [3.63, 3.8) is 0 Å². The molecule has 3 aromatic rings. The van der Waals surface area contributed by atoms with Crippen LogP contribution in [-0.4, -0.2) is 17.1 Å². The van der Waals surface area contributed by atoms with E-state index in [0.717, 1.165) is 6.07 Å². The van der Waals surface area contributed by atoms with Crippen molar-refractivity contribution < 1.29 is 18.3 Å². The standard InChI is InChI=1S/C19H13F2NO3S/c1-2-25-19(24)14-17(23)11-8-12(20)13(10-6-4-3-5-7-10)15(21)16(11)22-9-26-18(14)22/h3-8H,2,9H2,1H3. The van der Waals surface area contributed by atoms with E-state index in [0.29, 0.717) is 16.5 Å². The topological polar surface area (TPSA) is 48.3 Å². The van der Waals surface area contributed by atoms with Gasteiger partial charge in [0.15, 0.2) is 5.82 Å². The molecule has 0 fully saturated rings. The summed E-state index contributed by atoms with van der Waals surface area (Å²) < 4.78 is 36.3. The van der Waals surface area contributed by atoms with Crippen LogP contribution >= 0.6 is 11.8 Å². The number of carbonyl (C=O) groups excluding carboxylic acids is 1. The maximum atomic E-state index is 15.2. The number of nitrogens with zero attached hydrogens (tertiary/aromatic N) is 1. The van der Waals surface area contributed by atoms with Crippen LogP contribution in [0.4, 0.5) is 8.78 Å². The average Bonchev–Trinajstić information content (AvgIpc) is 2.60. The molecule has 0 saturated heterocycles. The molecule has 1 aliphatic rings. The predicted molar refractivity (Wildman–Crippen MR) is 95.4 cm³/mol. The molecule has 2 aromatic carbocycles. The van der Waals surface area contributed by atoms with Gasteiger partial charge in [-0.1, -0.05) is 42.1 Å². The second-order valence-electron chi connectivity index (χ2n) is 5.74. The van der Waals surface area contributed by atoms with Gasteiger partial charge in [0.1, 0.15) is 11.4 Å². The zero-order valence-electron chi connectivity index (χ0n) is 13.7. The van der Waals surface area contributed by atoms with Crippen LogP contribution in [-0.2, 0) is 10.6 Å². The number of halogens is 2. The molecule has 0 amide bonds. The second-order valence-corrected chi connectivity index (χ2v) is 6.67. The van der Waals surface area contributed by atoms with E-state index in [-0.39, 0.29) is 28.6 Å². The van der Waals surface area contributed by atoms with Crippen molar-refractivity contribution in [2.75, 3.05) is 6.61 Å². The van der Waals surface area contributed by atoms with Crippen molar-refractivity contribution in [2.45, 2.75) is 17.8 Å². The van der Waals surface area contributed by atoms with E-state index in [1.807, 2.05) is 0 Å².